The molecule has 0 unspecified atom stereocenters. The van der Waals surface area contributed by atoms with E-state index in [4.69, 9.17) is 4.98 Å². The van der Waals surface area contributed by atoms with E-state index in [0.717, 1.165) is 33.8 Å². The van der Waals surface area contributed by atoms with Crippen molar-refractivity contribution >= 4 is 32.6 Å². The van der Waals surface area contributed by atoms with Crippen LogP contribution in [0, 0.1) is 0 Å². The summed E-state index contributed by atoms with van der Waals surface area (Å²) in [6.07, 6.45) is 0. The number of hydrogen-bond acceptors (Lipinski definition) is 1. The van der Waals surface area contributed by atoms with Crippen LogP contribution in [0.1, 0.15) is 0 Å². The third-order valence-corrected chi connectivity index (χ3v) is 9.19. The fourth-order valence-electron chi connectivity index (χ4n) is 6.89. The third-order valence-electron chi connectivity index (χ3n) is 9.19. The highest BCUT2D eigenvalue weighted by molar-refractivity contribution is 6.21. The minimum atomic E-state index is 0.955. The molecule has 2 heterocycles. The zero-order chi connectivity index (χ0) is 31.2. The van der Waals surface area contributed by atoms with Gasteiger partial charge in [-0.15, -0.1) is 0 Å². The Kier molecular flexibility index (Phi) is 6.50. The van der Waals surface area contributed by atoms with E-state index in [2.05, 4.69) is 180 Å². The van der Waals surface area contributed by atoms with Crippen molar-refractivity contribution in [1.82, 2.24) is 9.55 Å². The lowest BCUT2D eigenvalue weighted by atomic mass is 10.00. The van der Waals surface area contributed by atoms with Gasteiger partial charge in [-0.05, 0) is 69.4 Å². The van der Waals surface area contributed by atoms with E-state index in [-0.39, 0.29) is 0 Å². The lowest BCUT2D eigenvalue weighted by molar-refractivity contribution is 1.18. The maximum absolute atomic E-state index is 5.16. The Morgan fingerprint density at radius 2 is 0.894 bits per heavy atom. The molecule has 0 saturated carbocycles. The van der Waals surface area contributed by atoms with Crippen LogP contribution in [0.25, 0.3) is 83.0 Å². The molecule has 47 heavy (non-hydrogen) atoms. The summed E-state index contributed by atoms with van der Waals surface area (Å²) in [4.78, 5) is 5.16. The molecule has 0 spiro atoms. The monoisotopic (exact) mass is 598 g/mol. The van der Waals surface area contributed by atoms with Gasteiger partial charge in [0.1, 0.15) is 0 Å². The SMILES string of the molecule is c1ccc(-c2cc(-c3ccccc3)nc(-c3ccc(-n4c5cc(-c6ccccc6)ccc5c5c6ccccc6ccc54)cc3)c2)cc1. The molecule has 0 aliphatic heterocycles. The Morgan fingerprint density at radius 3 is 1.57 bits per heavy atom. The molecule has 2 nitrogen and oxygen atoms in total. The molecule has 0 aliphatic rings. The fourth-order valence-corrected chi connectivity index (χ4v) is 6.89. The summed E-state index contributed by atoms with van der Waals surface area (Å²) in [6.45, 7) is 0. The van der Waals surface area contributed by atoms with Crippen LogP contribution in [0.2, 0.25) is 0 Å². The van der Waals surface area contributed by atoms with Crippen LogP contribution in [0.3, 0.4) is 0 Å². The predicted octanol–water partition coefficient (Wildman–Crippen LogP) is 12.0. The second kappa shape index (κ2) is 11.3. The molecule has 0 fully saturated rings. The molecule has 7 aromatic carbocycles. The van der Waals surface area contributed by atoms with Crippen LogP contribution in [0.15, 0.2) is 182 Å². The van der Waals surface area contributed by atoms with Crippen molar-refractivity contribution in [2.75, 3.05) is 0 Å². The molecule has 2 heteroatoms. The average Bonchev–Trinajstić information content (AvgIpc) is 3.50. The zero-order valence-corrected chi connectivity index (χ0v) is 25.7. The maximum atomic E-state index is 5.16. The smallest absolute Gasteiger partial charge is 0.0715 e. The summed E-state index contributed by atoms with van der Waals surface area (Å²) in [5.74, 6) is 0. The number of aromatic nitrogens is 2. The van der Waals surface area contributed by atoms with Gasteiger partial charge in [-0.2, -0.15) is 0 Å². The highest BCUT2D eigenvalue weighted by atomic mass is 15.0. The second-order valence-corrected chi connectivity index (χ2v) is 12.0. The third kappa shape index (κ3) is 4.79. The van der Waals surface area contributed by atoms with Crippen LogP contribution in [-0.2, 0) is 0 Å². The van der Waals surface area contributed by atoms with Crippen molar-refractivity contribution in [2.45, 2.75) is 0 Å². The van der Waals surface area contributed by atoms with Crippen molar-refractivity contribution < 1.29 is 0 Å². The van der Waals surface area contributed by atoms with Crippen molar-refractivity contribution in [2.24, 2.45) is 0 Å². The normalized spacial score (nSPS) is 11.4. The van der Waals surface area contributed by atoms with Gasteiger partial charge in [0.25, 0.3) is 0 Å². The van der Waals surface area contributed by atoms with Gasteiger partial charge in [-0.3, -0.25) is 0 Å². The van der Waals surface area contributed by atoms with E-state index in [9.17, 15) is 0 Å². The lowest BCUT2D eigenvalue weighted by Crippen LogP contribution is -1.95. The molecule has 9 rings (SSSR count). The molecule has 0 saturated heterocycles. The van der Waals surface area contributed by atoms with Crippen LogP contribution in [0.5, 0.6) is 0 Å². The van der Waals surface area contributed by atoms with Crippen LogP contribution >= 0.6 is 0 Å². The number of hydrogen-bond donors (Lipinski definition) is 0. The van der Waals surface area contributed by atoms with Gasteiger partial charge < -0.3 is 4.57 Å². The molecule has 0 N–H and O–H groups in total. The second-order valence-electron chi connectivity index (χ2n) is 12.0. The number of benzene rings is 7. The standard InChI is InChI=1S/C45H30N2/c1-4-12-31(13-5-1)36-22-26-40-44(30-36)47(43-27-23-33-16-10-11-19-39(33)45(40)43)38-24-20-35(21-25-38)42-29-37(32-14-6-2-7-15-32)28-41(46-42)34-17-8-3-9-18-34/h1-30H. The number of rotatable bonds is 5. The quantitative estimate of drug-likeness (QED) is 0.193. The molecule has 0 aliphatic carbocycles. The maximum Gasteiger partial charge on any atom is 0.0715 e. The molecule has 0 radical (unpaired) electrons. The van der Waals surface area contributed by atoms with Gasteiger partial charge in [-0.25, -0.2) is 4.98 Å². The first-order chi connectivity index (χ1) is 23.3. The van der Waals surface area contributed by atoms with E-state index in [1.165, 1.54) is 49.3 Å². The van der Waals surface area contributed by atoms with Crippen LogP contribution in [0.4, 0.5) is 0 Å². The van der Waals surface area contributed by atoms with Crippen molar-refractivity contribution in [1.29, 1.82) is 0 Å². The summed E-state index contributed by atoms with van der Waals surface area (Å²) in [5, 5.41) is 5.06. The Labute approximate surface area is 273 Å². The van der Waals surface area contributed by atoms with Crippen molar-refractivity contribution in [3.05, 3.63) is 182 Å². The largest absolute Gasteiger partial charge is 0.309 e. The zero-order valence-electron chi connectivity index (χ0n) is 25.7. The molecule has 9 aromatic rings. The topological polar surface area (TPSA) is 17.8 Å². The van der Waals surface area contributed by atoms with Gasteiger partial charge in [0.2, 0.25) is 0 Å². The van der Waals surface area contributed by atoms with Crippen LogP contribution in [-0.4, -0.2) is 9.55 Å². The fraction of sp³-hybridized carbons (Fsp3) is 0. The van der Waals surface area contributed by atoms with Gasteiger partial charge >= 0.3 is 0 Å². The Bertz CT molecular complexity index is 2470. The Hall–Kier alpha value is -6.25. The van der Waals surface area contributed by atoms with Crippen LogP contribution < -0.4 is 0 Å². The number of pyridine rings is 1. The minimum absolute atomic E-state index is 0.955. The summed E-state index contributed by atoms with van der Waals surface area (Å²) < 4.78 is 2.41. The van der Waals surface area contributed by atoms with E-state index >= 15 is 0 Å². The summed E-state index contributed by atoms with van der Waals surface area (Å²) >= 11 is 0. The van der Waals surface area contributed by atoms with E-state index < -0.39 is 0 Å². The Morgan fingerprint density at radius 1 is 0.340 bits per heavy atom. The first kappa shape index (κ1) is 27.1. The molecule has 0 bridgehead atoms. The molecular formula is C45H30N2. The first-order valence-corrected chi connectivity index (χ1v) is 16.1. The van der Waals surface area contributed by atoms with Crippen molar-refractivity contribution in [3.8, 4) is 50.5 Å². The first-order valence-electron chi connectivity index (χ1n) is 16.1. The lowest BCUT2D eigenvalue weighted by Gasteiger charge is -2.12. The molecule has 220 valence electrons. The van der Waals surface area contributed by atoms with Gasteiger partial charge in [-0.1, -0.05) is 146 Å². The average molecular weight is 599 g/mol. The molecule has 0 amide bonds. The van der Waals surface area contributed by atoms with Gasteiger partial charge in [0.15, 0.2) is 0 Å². The Balaban J connectivity index is 1.22. The van der Waals surface area contributed by atoms with E-state index in [1.54, 1.807) is 0 Å². The summed E-state index contributed by atoms with van der Waals surface area (Å²) in [7, 11) is 0. The van der Waals surface area contributed by atoms with Crippen molar-refractivity contribution in [3.63, 3.8) is 0 Å². The van der Waals surface area contributed by atoms with Gasteiger partial charge in [0.05, 0.1) is 22.4 Å². The van der Waals surface area contributed by atoms with E-state index in [0.29, 0.717) is 0 Å². The molecule has 0 atom stereocenters. The summed E-state index contributed by atoms with van der Waals surface area (Å²) in [5.41, 5.74) is 12.4. The van der Waals surface area contributed by atoms with Gasteiger partial charge in [0, 0.05) is 27.6 Å². The van der Waals surface area contributed by atoms with E-state index in [1.807, 2.05) is 6.07 Å². The number of nitrogens with zero attached hydrogens (tertiary/aromatic N) is 2. The molecular weight excluding hydrogens is 569 g/mol. The molecule has 2 aromatic heterocycles. The predicted molar refractivity (Wildman–Crippen MR) is 198 cm³/mol. The minimum Gasteiger partial charge on any atom is -0.309 e. The highest BCUT2D eigenvalue weighted by Crippen LogP contribution is 2.39. The highest BCUT2D eigenvalue weighted by Gasteiger charge is 2.16. The summed E-state index contributed by atoms with van der Waals surface area (Å²) in [6, 6.07) is 65.0. The number of fused-ring (bicyclic) bond motifs is 5.